The van der Waals surface area contributed by atoms with E-state index < -0.39 is 0 Å². The highest BCUT2D eigenvalue weighted by Crippen LogP contribution is 2.21. The lowest BCUT2D eigenvalue weighted by atomic mass is 10.1. The minimum absolute atomic E-state index is 0.115. The summed E-state index contributed by atoms with van der Waals surface area (Å²) < 4.78 is 9.78. The fraction of sp³-hybridized carbons (Fsp3) is 0.467. The molecule has 110 valence electrons. The first-order chi connectivity index (χ1) is 9.49. The third kappa shape index (κ3) is 4.26. The molecule has 0 N–H and O–H groups in total. The summed E-state index contributed by atoms with van der Waals surface area (Å²) in [4.78, 5) is 25.0. The van der Waals surface area contributed by atoms with E-state index in [4.69, 9.17) is 4.74 Å². The monoisotopic (exact) mass is 279 g/mol. The van der Waals surface area contributed by atoms with Gasteiger partial charge in [0.1, 0.15) is 5.75 Å². The Bertz CT molecular complexity index is 485. The zero-order valence-electron chi connectivity index (χ0n) is 12.4. The van der Waals surface area contributed by atoms with E-state index in [1.165, 1.54) is 7.11 Å². The molecule has 0 fully saturated rings. The molecule has 0 saturated carbocycles. The molecular formula is C15H21NO4. The molecule has 0 radical (unpaired) electrons. The number of carbonyl (C=O) groups is 2. The Morgan fingerprint density at radius 3 is 2.55 bits per heavy atom. The Labute approximate surface area is 119 Å². The number of hydrogen-bond acceptors (Lipinski definition) is 4. The Morgan fingerprint density at radius 2 is 1.95 bits per heavy atom. The molecule has 0 heterocycles. The maximum absolute atomic E-state index is 12.4. The summed E-state index contributed by atoms with van der Waals surface area (Å²) in [6.45, 7) is 2.42. The van der Waals surface area contributed by atoms with E-state index in [1.807, 2.05) is 13.0 Å². The molecule has 0 aliphatic rings. The molecule has 1 amide bonds. The van der Waals surface area contributed by atoms with Crippen molar-refractivity contribution in [1.29, 1.82) is 0 Å². The van der Waals surface area contributed by atoms with Gasteiger partial charge in [0.05, 0.1) is 19.8 Å². The molecule has 20 heavy (non-hydrogen) atoms. The molecule has 0 unspecified atom stereocenters. The molecule has 0 aliphatic heterocycles. The zero-order valence-corrected chi connectivity index (χ0v) is 12.4. The van der Waals surface area contributed by atoms with E-state index in [9.17, 15) is 9.59 Å². The topological polar surface area (TPSA) is 55.8 Å². The second-order valence-corrected chi connectivity index (χ2v) is 4.61. The average molecular weight is 279 g/mol. The summed E-state index contributed by atoms with van der Waals surface area (Å²) in [5, 5.41) is 0. The van der Waals surface area contributed by atoms with Crippen molar-refractivity contribution in [3.8, 4) is 5.75 Å². The normalized spacial score (nSPS) is 10.0. The minimum atomic E-state index is -0.265. The van der Waals surface area contributed by atoms with Crippen molar-refractivity contribution < 1.29 is 19.1 Å². The second-order valence-electron chi connectivity index (χ2n) is 4.61. The van der Waals surface area contributed by atoms with Gasteiger partial charge in [-0.1, -0.05) is 11.6 Å². The van der Waals surface area contributed by atoms with E-state index >= 15 is 0 Å². The van der Waals surface area contributed by atoms with Crippen LogP contribution in [0.4, 0.5) is 0 Å². The lowest BCUT2D eigenvalue weighted by Crippen LogP contribution is -2.28. The van der Waals surface area contributed by atoms with Crippen LogP contribution in [0.3, 0.4) is 0 Å². The first-order valence-corrected chi connectivity index (χ1v) is 6.46. The van der Waals surface area contributed by atoms with Crippen LogP contribution >= 0.6 is 0 Å². The number of esters is 1. The standard InChI is InChI=1S/C15H21NO4/c1-11-7-8-13(19-3)12(10-11)15(18)16(2)9-5-6-14(17)20-4/h7-8,10H,5-6,9H2,1-4H3. The van der Waals surface area contributed by atoms with E-state index in [0.717, 1.165) is 5.56 Å². The molecule has 5 heteroatoms. The van der Waals surface area contributed by atoms with Gasteiger partial charge in [0.2, 0.25) is 0 Å². The smallest absolute Gasteiger partial charge is 0.305 e. The van der Waals surface area contributed by atoms with Crippen LogP contribution in [-0.4, -0.2) is 44.6 Å². The summed E-state index contributed by atoms with van der Waals surface area (Å²) in [5.74, 6) is 0.176. The number of nitrogens with zero attached hydrogens (tertiary/aromatic N) is 1. The zero-order chi connectivity index (χ0) is 15.1. The summed E-state index contributed by atoms with van der Waals surface area (Å²) in [5.41, 5.74) is 1.53. The predicted octanol–water partition coefficient (Wildman–Crippen LogP) is 2.03. The van der Waals surface area contributed by atoms with Crippen molar-refractivity contribution >= 4 is 11.9 Å². The van der Waals surface area contributed by atoms with Gasteiger partial charge in [0, 0.05) is 20.0 Å². The van der Waals surface area contributed by atoms with Gasteiger partial charge in [-0.2, -0.15) is 0 Å². The number of amides is 1. The summed E-state index contributed by atoms with van der Waals surface area (Å²) in [6.07, 6.45) is 0.877. The van der Waals surface area contributed by atoms with Gasteiger partial charge in [0.15, 0.2) is 0 Å². The minimum Gasteiger partial charge on any atom is -0.496 e. The fourth-order valence-electron chi connectivity index (χ4n) is 1.86. The van der Waals surface area contributed by atoms with Crippen LogP contribution in [-0.2, 0) is 9.53 Å². The van der Waals surface area contributed by atoms with Gasteiger partial charge >= 0.3 is 5.97 Å². The van der Waals surface area contributed by atoms with E-state index in [-0.39, 0.29) is 11.9 Å². The van der Waals surface area contributed by atoms with Gasteiger partial charge in [0.25, 0.3) is 5.91 Å². The third-order valence-corrected chi connectivity index (χ3v) is 3.03. The molecule has 0 saturated heterocycles. The lowest BCUT2D eigenvalue weighted by Gasteiger charge is -2.18. The molecule has 0 bridgehead atoms. The van der Waals surface area contributed by atoms with Gasteiger partial charge < -0.3 is 14.4 Å². The number of hydrogen-bond donors (Lipinski definition) is 0. The number of aryl methyl sites for hydroxylation is 1. The highest BCUT2D eigenvalue weighted by atomic mass is 16.5. The van der Waals surface area contributed by atoms with Gasteiger partial charge in [-0.05, 0) is 25.5 Å². The van der Waals surface area contributed by atoms with Crippen LogP contribution in [0, 0.1) is 6.92 Å². The van der Waals surface area contributed by atoms with Crippen molar-refractivity contribution in [2.75, 3.05) is 27.8 Å². The molecule has 0 atom stereocenters. The van der Waals surface area contributed by atoms with Gasteiger partial charge in [-0.15, -0.1) is 0 Å². The van der Waals surface area contributed by atoms with Gasteiger partial charge in [-0.3, -0.25) is 9.59 Å². The van der Waals surface area contributed by atoms with Crippen molar-refractivity contribution in [1.82, 2.24) is 4.90 Å². The number of carbonyl (C=O) groups excluding carboxylic acids is 2. The number of benzene rings is 1. The Kier molecular flexibility index (Phi) is 6.03. The van der Waals surface area contributed by atoms with Crippen LogP contribution in [0.2, 0.25) is 0 Å². The molecular weight excluding hydrogens is 258 g/mol. The van der Waals surface area contributed by atoms with Crippen molar-refractivity contribution in [2.24, 2.45) is 0 Å². The molecule has 0 aliphatic carbocycles. The third-order valence-electron chi connectivity index (χ3n) is 3.03. The number of rotatable bonds is 6. The quantitative estimate of drug-likeness (QED) is 0.748. The first-order valence-electron chi connectivity index (χ1n) is 6.46. The highest BCUT2D eigenvalue weighted by molar-refractivity contribution is 5.97. The van der Waals surface area contributed by atoms with Crippen LogP contribution in [0.1, 0.15) is 28.8 Å². The van der Waals surface area contributed by atoms with Crippen LogP contribution in [0.15, 0.2) is 18.2 Å². The van der Waals surface area contributed by atoms with E-state index in [1.54, 1.807) is 31.2 Å². The van der Waals surface area contributed by atoms with Crippen molar-refractivity contribution in [3.05, 3.63) is 29.3 Å². The maximum Gasteiger partial charge on any atom is 0.305 e. The van der Waals surface area contributed by atoms with Crippen molar-refractivity contribution in [3.63, 3.8) is 0 Å². The molecule has 0 aromatic heterocycles. The lowest BCUT2D eigenvalue weighted by molar-refractivity contribution is -0.140. The average Bonchev–Trinajstić information content (AvgIpc) is 2.45. The second kappa shape index (κ2) is 7.53. The van der Waals surface area contributed by atoms with E-state index in [2.05, 4.69) is 4.74 Å². The first kappa shape index (κ1) is 16.0. The van der Waals surface area contributed by atoms with Crippen molar-refractivity contribution in [2.45, 2.75) is 19.8 Å². The van der Waals surface area contributed by atoms with Gasteiger partial charge in [-0.25, -0.2) is 0 Å². The molecule has 1 aromatic rings. The van der Waals surface area contributed by atoms with E-state index in [0.29, 0.717) is 30.7 Å². The molecule has 5 nitrogen and oxygen atoms in total. The Morgan fingerprint density at radius 1 is 1.25 bits per heavy atom. The van der Waals surface area contributed by atoms with Crippen LogP contribution < -0.4 is 4.74 Å². The number of methoxy groups -OCH3 is 2. The largest absolute Gasteiger partial charge is 0.496 e. The Balaban J connectivity index is 2.69. The molecule has 0 spiro atoms. The highest BCUT2D eigenvalue weighted by Gasteiger charge is 2.16. The molecule has 1 aromatic carbocycles. The van der Waals surface area contributed by atoms with Crippen LogP contribution in [0.5, 0.6) is 5.75 Å². The summed E-state index contributed by atoms with van der Waals surface area (Å²) >= 11 is 0. The maximum atomic E-state index is 12.4. The number of ether oxygens (including phenoxy) is 2. The summed E-state index contributed by atoms with van der Waals surface area (Å²) in [7, 11) is 4.61. The SMILES string of the molecule is COC(=O)CCCN(C)C(=O)c1cc(C)ccc1OC. The van der Waals surface area contributed by atoms with Crippen LogP contribution in [0.25, 0.3) is 0 Å². The Hall–Kier alpha value is -2.04. The predicted molar refractivity (Wildman–Crippen MR) is 75.9 cm³/mol. The molecule has 1 rings (SSSR count). The summed E-state index contributed by atoms with van der Waals surface area (Å²) in [6, 6.07) is 5.48. The fourth-order valence-corrected chi connectivity index (χ4v) is 1.86.